The third-order valence-electron chi connectivity index (χ3n) is 1.94. The van der Waals surface area contributed by atoms with Crippen LogP contribution in [0.5, 0.6) is 0 Å². The molecular formula is C9H12N2O3S. The predicted molar refractivity (Wildman–Crippen MR) is 57.2 cm³/mol. The molecule has 0 aliphatic heterocycles. The van der Waals surface area contributed by atoms with Crippen LogP contribution < -0.4 is 5.32 Å². The number of nitrogens with zero attached hydrogens (tertiary/aromatic N) is 1. The fraction of sp³-hybridized carbons (Fsp3) is 0.333. The molecule has 0 aromatic carbocycles. The molecule has 1 N–H and O–H groups in total. The van der Waals surface area contributed by atoms with Gasteiger partial charge in [-0.2, -0.15) is 0 Å². The Hall–Kier alpha value is -1.43. The van der Waals surface area contributed by atoms with Crippen LogP contribution in [0.25, 0.3) is 0 Å². The zero-order valence-electron chi connectivity index (χ0n) is 8.47. The minimum atomic E-state index is -3.35. The highest BCUT2D eigenvalue weighted by atomic mass is 32.2. The maximum atomic E-state index is 11.4. The lowest BCUT2D eigenvalue weighted by Crippen LogP contribution is -2.31. The van der Waals surface area contributed by atoms with Crippen LogP contribution in [0.4, 0.5) is 5.69 Å². The molecule has 0 aliphatic rings. The number of hydrogen-bond acceptors (Lipinski definition) is 4. The van der Waals surface area contributed by atoms with E-state index >= 15 is 0 Å². The second kappa shape index (κ2) is 4.39. The lowest BCUT2D eigenvalue weighted by molar-refractivity contribution is -0.115. The van der Waals surface area contributed by atoms with Gasteiger partial charge >= 0.3 is 0 Å². The molecule has 6 heteroatoms. The predicted octanol–water partition coefficient (Wildman–Crippen LogP) is 0.453. The molecule has 82 valence electrons. The van der Waals surface area contributed by atoms with Crippen molar-refractivity contribution in [3.8, 4) is 0 Å². The van der Waals surface area contributed by atoms with Gasteiger partial charge < -0.3 is 5.32 Å². The summed E-state index contributed by atoms with van der Waals surface area (Å²) in [6.07, 6.45) is 4.04. The number of rotatable bonds is 3. The molecule has 0 radical (unpaired) electrons. The molecule has 1 aromatic heterocycles. The first-order valence-corrected chi connectivity index (χ1v) is 6.26. The van der Waals surface area contributed by atoms with E-state index in [4.69, 9.17) is 0 Å². The Kier molecular flexibility index (Phi) is 3.41. The number of amides is 1. The molecule has 1 atom stereocenters. The van der Waals surface area contributed by atoms with E-state index in [1.165, 1.54) is 13.1 Å². The summed E-state index contributed by atoms with van der Waals surface area (Å²) in [7, 11) is -3.35. The molecule has 0 fully saturated rings. The molecule has 0 bridgehead atoms. The van der Waals surface area contributed by atoms with Crippen molar-refractivity contribution in [3.05, 3.63) is 24.5 Å². The van der Waals surface area contributed by atoms with Gasteiger partial charge in [-0.15, -0.1) is 0 Å². The first kappa shape index (κ1) is 11.6. The summed E-state index contributed by atoms with van der Waals surface area (Å²) in [6.45, 7) is 1.35. The number of carbonyl (C=O) groups excluding carboxylic acids is 1. The van der Waals surface area contributed by atoms with E-state index in [1.807, 2.05) is 0 Å². The summed E-state index contributed by atoms with van der Waals surface area (Å²) >= 11 is 0. The van der Waals surface area contributed by atoms with Crippen molar-refractivity contribution in [1.82, 2.24) is 4.98 Å². The minimum absolute atomic E-state index is 0.484. The van der Waals surface area contributed by atoms with Crippen molar-refractivity contribution in [2.75, 3.05) is 11.6 Å². The standard InChI is InChI=1S/C9H12N2O3S/c1-7(15(2,13)14)9(12)11-8-4-3-5-10-6-8/h3-7H,1-2H3,(H,11,12)/t7-/m0/s1. The second-order valence-corrected chi connectivity index (χ2v) is 5.57. The fourth-order valence-corrected chi connectivity index (χ4v) is 1.32. The average Bonchev–Trinajstić information content (AvgIpc) is 2.16. The number of sulfone groups is 1. The molecule has 5 nitrogen and oxygen atoms in total. The molecule has 15 heavy (non-hydrogen) atoms. The van der Waals surface area contributed by atoms with E-state index in [0.717, 1.165) is 6.26 Å². The van der Waals surface area contributed by atoms with E-state index in [9.17, 15) is 13.2 Å². The number of nitrogens with one attached hydrogen (secondary N) is 1. The van der Waals surface area contributed by atoms with Crippen LogP contribution in [-0.4, -0.2) is 30.8 Å². The van der Waals surface area contributed by atoms with Crippen molar-refractivity contribution < 1.29 is 13.2 Å². The molecule has 0 aliphatic carbocycles. The molecule has 1 amide bonds. The highest BCUT2D eigenvalue weighted by Crippen LogP contribution is 2.06. The Morgan fingerprint density at radius 1 is 1.53 bits per heavy atom. The van der Waals surface area contributed by atoms with Gasteiger partial charge in [0, 0.05) is 12.5 Å². The third kappa shape index (κ3) is 3.32. The highest BCUT2D eigenvalue weighted by molar-refractivity contribution is 7.92. The van der Waals surface area contributed by atoms with Crippen LogP contribution in [0.1, 0.15) is 6.92 Å². The lowest BCUT2D eigenvalue weighted by atomic mass is 10.4. The first-order valence-electron chi connectivity index (χ1n) is 4.31. The topological polar surface area (TPSA) is 76.1 Å². The Labute approximate surface area is 88.4 Å². The van der Waals surface area contributed by atoms with Crippen LogP contribution in [0, 0.1) is 0 Å². The quantitative estimate of drug-likeness (QED) is 0.815. The molecule has 1 rings (SSSR count). The molecule has 1 heterocycles. The summed E-state index contributed by atoms with van der Waals surface area (Å²) in [6, 6.07) is 3.29. The van der Waals surface area contributed by atoms with Crippen LogP contribution >= 0.6 is 0 Å². The van der Waals surface area contributed by atoms with Gasteiger partial charge in [0.25, 0.3) is 0 Å². The van der Waals surface area contributed by atoms with Gasteiger partial charge in [0.05, 0.1) is 11.9 Å². The highest BCUT2D eigenvalue weighted by Gasteiger charge is 2.23. The van der Waals surface area contributed by atoms with Crippen LogP contribution in [0.15, 0.2) is 24.5 Å². The maximum Gasteiger partial charge on any atom is 0.242 e. The average molecular weight is 228 g/mol. The Bertz CT molecular complexity index is 442. The molecule has 0 saturated heterocycles. The summed E-state index contributed by atoms with van der Waals surface area (Å²) in [4.78, 5) is 15.2. The Balaban J connectivity index is 2.73. The summed E-state index contributed by atoms with van der Waals surface area (Å²) in [5.74, 6) is -0.550. The van der Waals surface area contributed by atoms with Crippen molar-refractivity contribution in [3.63, 3.8) is 0 Å². The minimum Gasteiger partial charge on any atom is -0.324 e. The van der Waals surface area contributed by atoms with Crippen LogP contribution in [0.2, 0.25) is 0 Å². The van der Waals surface area contributed by atoms with Crippen molar-refractivity contribution in [2.24, 2.45) is 0 Å². The van der Waals surface area contributed by atoms with Gasteiger partial charge in [0.1, 0.15) is 5.25 Å². The van der Waals surface area contributed by atoms with Gasteiger partial charge in [-0.3, -0.25) is 9.78 Å². The van der Waals surface area contributed by atoms with Gasteiger partial charge in [-0.1, -0.05) is 0 Å². The number of pyridine rings is 1. The summed E-state index contributed by atoms with van der Waals surface area (Å²) < 4.78 is 22.2. The van der Waals surface area contributed by atoms with Crippen molar-refractivity contribution >= 4 is 21.4 Å². The molecule has 0 spiro atoms. The van der Waals surface area contributed by atoms with Gasteiger partial charge in [-0.25, -0.2) is 8.42 Å². The largest absolute Gasteiger partial charge is 0.324 e. The van der Waals surface area contributed by atoms with Crippen molar-refractivity contribution in [1.29, 1.82) is 0 Å². The van der Waals surface area contributed by atoms with Crippen molar-refractivity contribution in [2.45, 2.75) is 12.2 Å². The zero-order valence-corrected chi connectivity index (χ0v) is 9.28. The Morgan fingerprint density at radius 2 is 2.20 bits per heavy atom. The Morgan fingerprint density at radius 3 is 2.67 bits per heavy atom. The van der Waals surface area contributed by atoms with E-state index in [2.05, 4.69) is 10.3 Å². The summed E-state index contributed by atoms with van der Waals surface area (Å²) in [5, 5.41) is 1.41. The summed E-state index contributed by atoms with van der Waals surface area (Å²) in [5.41, 5.74) is 0.484. The SMILES string of the molecule is C[C@@H](C(=O)Nc1cccnc1)S(C)(=O)=O. The molecule has 1 aromatic rings. The smallest absolute Gasteiger partial charge is 0.242 e. The van der Waals surface area contributed by atoms with Crippen LogP contribution in [-0.2, 0) is 14.6 Å². The van der Waals surface area contributed by atoms with E-state index in [1.54, 1.807) is 18.3 Å². The maximum absolute atomic E-state index is 11.4. The number of aromatic nitrogens is 1. The third-order valence-corrected chi connectivity index (χ3v) is 3.44. The molecule has 0 saturated carbocycles. The lowest BCUT2D eigenvalue weighted by Gasteiger charge is -2.09. The number of hydrogen-bond donors (Lipinski definition) is 1. The van der Waals surface area contributed by atoms with E-state index in [-0.39, 0.29) is 0 Å². The number of carbonyl (C=O) groups is 1. The molecule has 0 unspecified atom stereocenters. The normalized spacial score (nSPS) is 13.2. The van der Waals surface area contributed by atoms with E-state index < -0.39 is 21.0 Å². The van der Waals surface area contributed by atoms with Gasteiger partial charge in [0.15, 0.2) is 9.84 Å². The first-order chi connectivity index (χ1) is 6.91. The van der Waals surface area contributed by atoms with E-state index in [0.29, 0.717) is 5.69 Å². The molecular weight excluding hydrogens is 216 g/mol. The second-order valence-electron chi connectivity index (χ2n) is 3.20. The van der Waals surface area contributed by atoms with Crippen LogP contribution in [0.3, 0.4) is 0 Å². The fourth-order valence-electron chi connectivity index (χ4n) is 0.875. The monoisotopic (exact) mass is 228 g/mol. The zero-order chi connectivity index (χ0) is 11.5. The van der Waals surface area contributed by atoms with Gasteiger partial charge in [-0.05, 0) is 19.1 Å². The number of anilines is 1. The van der Waals surface area contributed by atoms with Gasteiger partial charge in [0.2, 0.25) is 5.91 Å².